The predicted molar refractivity (Wildman–Crippen MR) is 212 cm³/mol. The van der Waals surface area contributed by atoms with Gasteiger partial charge in [0.1, 0.15) is 0 Å². The largest absolute Gasteiger partial charge is 0.313 e. The Labute approximate surface area is 293 Å². The molecule has 0 saturated carbocycles. The molecule has 1 aliphatic rings. The van der Waals surface area contributed by atoms with Crippen LogP contribution in [0.5, 0.6) is 0 Å². The Kier molecular flexibility index (Phi) is 7.68. The van der Waals surface area contributed by atoms with E-state index in [0.717, 1.165) is 29.9 Å². The summed E-state index contributed by atoms with van der Waals surface area (Å²) in [6, 6.07) is 65.6. The van der Waals surface area contributed by atoms with Crippen molar-refractivity contribution >= 4 is 34.0 Å². The lowest BCUT2D eigenvalue weighted by molar-refractivity contribution is 0.888. The summed E-state index contributed by atoms with van der Waals surface area (Å²) in [6.45, 7) is 0. The van der Waals surface area contributed by atoms with Crippen LogP contribution in [0, 0.1) is 0 Å². The summed E-state index contributed by atoms with van der Waals surface area (Å²) >= 11 is 0. The van der Waals surface area contributed by atoms with E-state index in [1.165, 1.54) is 61.2 Å². The molecule has 0 aliphatic heterocycles. The van der Waals surface area contributed by atoms with E-state index in [2.05, 4.69) is 204 Å². The second-order valence-corrected chi connectivity index (χ2v) is 12.9. The van der Waals surface area contributed by atoms with Gasteiger partial charge >= 0.3 is 0 Å². The number of anilines is 3. The van der Waals surface area contributed by atoms with Gasteiger partial charge in [0, 0.05) is 39.4 Å². The number of aromatic nitrogens is 1. The Hall–Kier alpha value is -6.38. The predicted octanol–water partition coefficient (Wildman–Crippen LogP) is 13.1. The highest BCUT2D eigenvalue weighted by Gasteiger charge is 2.19. The van der Waals surface area contributed by atoms with Crippen LogP contribution in [-0.4, -0.2) is 4.57 Å². The molecule has 2 nitrogen and oxygen atoms in total. The minimum Gasteiger partial charge on any atom is -0.313 e. The van der Waals surface area contributed by atoms with Crippen LogP contribution in [0.2, 0.25) is 0 Å². The lowest BCUT2D eigenvalue weighted by Crippen LogP contribution is -2.09. The molecular formula is C48H36N2. The van der Waals surface area contributed by atoms with Gasteiger partial charge in [-0.1, -0.05) is 133 Å². The van der Waals surface area contributed by atoms with Crippen molar-refractivity contribution in [2.24, 2.45) is 0 Å². The normalized spacial score (nSPS) is 12.2. The number of hydrogen-bond acceptors (Lipinski definition) is 1. The van der Waals surface area contributed by atoms with Crippen molar-refractivity contribution in [2.75, 3.05) is 4.90 Å². The van der Waals surface area contributed by atoms with E-state index in [1.54, 1.807) is 0 Å². The first-order valence-corrected chi connectivity index (χ1v) is 17.4. The maximum absolute atomic E-state index is 2.45. The van der Waals surface area contributed by atoms with E-state index in [1.807, 2.05) is 0 Å². The maximum Gasteiger partial charge on any atom is 0.0538 e. The molecule has 0 fully saturated rings. The number of para-hydroxylation sites is 1. The summed E-state index contributed by atoms with van der Waals surface area (Å²) in [5, 5.41) is 1.31. The molecule has 8 aromatic rings. The van der Waals surface area contributed by atoms with Crippen LogP contribution in [0.3, 0.4) is 0 Å². The van der Waals surface area contributed by atoms with Crippen LogP contribution < -0.4 is 4.90 Å². The second-order valence-electron chi connectivity index (χ2n) is 12.9. The monoisotopic (exact) mass is 640 g/mol. The molecule has 0 spiro atoms. The number of nitrogens with zero attached hydrogens (tertiary/aromatic N) is 2. The van der Waals surface area contributed by atoms with Crippen molar-refractivity contribution in [3.8, 4) is 39.1 Å². The SMILES string of the molecule is C1=Cc2c(n(-c3ccccc3)c3ccc(-c4ccc(N(c5ccc(-c6ccccc6)cc5)c5ccc(-c6ccccc6)cc5)cc4)cc23)CC1. The molecule has 1 aromatic heterocycles. The van der Waals surface area contributed by atoms with Crippen molar-refractivity contribution in [3.63, 3.8) is 0 Å². The first kappa shape index (κ1) is 29.7. The van der Waals surface area contributed by atoms with Gasteiger partial charge in [0.25, 0.3) is 0 Å². The fourth-order valence-electron chi connectivity index (χ4n) is 7.39. The van der Waals surface area contributed by atoms with E-state index in [9.17, 15) is 0 Å². The topological polar surface area (TPSA) is 8.17 Å². The molecule has 0 atom stereocenters. The van der Waals surface area contributed by atoms with Crippen LogP contribution in [0.15, 0.2) is 188 Å². The standard InChI is InChI=1S/C48H36N2/c1-4-12-35(13-5-1)37-20-27-42(28-21-37)49(43-29-22-38(23-30-43)36-14-6-2-7-15-36)44-31-24-39(25-32-44)40-26-33-48-46(34-40)45-18-10-11-19-47(45)50(48)41-16-8-3-9-17-41/h1-10,12-18,20-34H,11,19H2. The summed E-state index contributed by atoms with van der Waals surface area (Å²) < 4.78 is 2.45. The first-order valence-electron chi connectivity index (χ1n) is 17.4. The quantitative estimate of drug-likeness (QED) is 0.168. The van der Waals surface area contributed by atoms with Crippen molar-refractivity contribution in [1.29, 1.82) is 0 Å². The zero-order chi connectivity index (χ0) is 33.3. The lowest BCUT2D eigenvalue weighted by atomic mass is 9.98. The fourth-order valence-corrected chi connectivity index (χ4v) is 7.39. The number of rotatable bonds is 7. The van der Waals surface area contributed by atoms with E-state index >= 15 is 0 Å². The Morgan fingerprint density at radius 2 is 0.860 bits per heavy atom. The summed E-state index contributed by atoms with van der Waals surface area (Å²) in [7, 11) is 0. The summed E-state index contributed by atoms with van der Waals surface area (Å²) in [5.74, 6) is 0. The smallest absolute Gasteiger partial charge is 0.0538 e. The third-order valence-corrected chi connectivity index (χ3v) is 9.88. The zero-order valence-electron chi connectivity index (χ0n) is 27.8. The van der Waals surface area contributed by atoms with Crippen molar-refractivity contribution in [2.45, 2.75) is 12.8 Å². The number of fused-ring (bicyclic) bond motifs is 3. The molecule has 7 aromatic carbocycles. The number of hydrogen-bond donors (Lipinski definition) is 0. The molecule has 1 aliphatic carbocycles. The van der Waals surface area contributed by atoms with Crippen molar-refractivity contribution in [3.05, 3.63) is 199 Å². The Morgan fingerprint density at radius 3 is 1.38 bits per heavy atom. The Morgan fingerprint density at radius 1 is 0.420 bits per heavy atom. The van der Waals surface area contributed by atoms with Crippen LogP contribution in [0.25, 0.3) is 56.0 Å². The van der Waals surface area contributed by atoms with Crippen LogP contribution in [0.1, 0.15) is 17.7 Å². The molecule has 0 N–H and O–H groups in total. The van der Waals surface area contributed by atoms with Gasteiger partial charge in [-0.05, 0) is 107 Å². The highest BCUT2D eigenvalue weighted by molar-refractivity contribution is 5.96. The van der Waals surface area contributed by atoms with Crippen molar-refractivity contribution < 1.29 is 0 Å². The van der Waals surface area contributed by atoms with Gasteiger partial charge in [0.05, 0.1) is 5.52 Å². The fraction of sp³-hybridized carbons (Fsp3) is 0.0417. The summed E-state index contributed by atoms with van der Waals surface area (Å²) in [5.41, 5.74) is 15.9. The zero-order valence-corrected chi connectivity index (χ0v) is 27.8. The highest BCUT2D eigenvalue weighted by Crippen LogP contribution is 2.39. The average Bonchev–Trinajstić information content (AvgIpc) is 3.53. The summed E-state index contributed by atoms with van der Waals surface area (Å²) in [6.07, 6.45) is 6.75. The van der Waals surface area contributed by atoms with Crippen LogP contribution in [0.4, 0.5) is 17.1 Å². The maximum atomic E-state index is 2.45. The molecule has 1 heterocycles. The van der Waals surface area contributed by atoms with Gasteiger partial charge in [-0.25, -0.2) is 0 Å². The van der Waals surface area contributed by atoms with E-state index < -0.39 is 0 Å². The first-order chi connectivity index (χ1) is 24.8. The molecule has 2 heteroatoms. The van der Waals surface area contributed by atoms with Gasteiger partial charge in [-0.15, -0.1) is 0 Å². The minimum absolute atomic E-state index is 1.05. The second kappa shape index (κ2) is 12.9. The highest BCUT2D eigenvalue weighted by atomic mass is 15.1. The number of allylic oxidation sites excluding steroid dienone is 1. The molecule has 0 amide bonds. The molecule has 0 bridgehead atoms. The van der Waals surface area contributed by atoms with Gasteiger partial charge in [-0.3, -0.25) is 0 Å². The Bertz CT molecular complexity index is 2340. The Balaban J connectivity index is 1.09. The third kappa shape index (κ3) is 5.51. The van der Waals surface area contributed by atoms with E-state index in [0.29, 0.717) is 0 Å². The molecule has 0 unspecified atom stereocenters. The molecule has 238 valence electrons. The number of benzene rings is 7. The summed E-state index contributed by atoms with van der Waals surface area (Å²) in [4.78, 5) is 2.34. The van der Waals surface area contributed by atoms with Crippen molar-refractivity contribution in [1.82, 2.24) is 4.57 Å². The van der Waals surface area contributed by atoms with Gasteiger partial charge in [0.2, 0.25) is 0 Å². The lowest BCUT2D eigenvalue weighted by Gasteiger charge is -2.26. The van der Waals surface area contributed by atoms with E-state index in [-0.39, 0.29) is 0 Å². The average molecular weight is 641 g/mol. The molecule has 9 rings (SSSR count). The van der Waals surface area contributed by atoms with Gasteiger partial charge < -0.3 is 9.47 Å². The van der Waals surface area contributed by atoms with Crippen LogP contribution in [-0.2, 0) is 6.42 Å². The molecule has 0 radical (unpaired) electrons. The molecule has 50 heavy (non-hydrogen) atoms. The van der Waals surface area contributed by atoms with Gasteiger partial charge in [0.15, 0.2) is 0 Å². The molecular weight excluding hydrogens is 605 g/mol. The van der Waals surface area contributed by atoms with Gasteiger partial charge in [-0.2, -0.15) is 0 Å². The third-order valence-electron chi connectivity index (χ3n) is 9.88. The minimum atomic E-state index is 1.05. The van der Waals surface area contributed by atoms with E-state index in [4.69, 9.17) is 0 Å². The van der Waals surface area contributed by atoms with Crippen LogP contribution >= 0.6 is 0 Å². The molecule has 0 saturated heterocycles.